The molecule has 3 N–H and O–H groups in total. The Kier molecular flexibility index (Phi) is 11.8. The third-order valence-corrected chi connectivity index (χ3v) is 5.60. The van der Waals surface area contributed by atoms with E-state index in [0.717, 1.165) is 83.5 Å². The van der Waals surface area contributed by atoms with Gasteiger partial charge in [-0.2, -0.15) is 0 Å². The summed E-state index contributed by atoms with van der Waals surface area (Å²) in [4.78, 5) is 15.0. The van der Waals surface area contributed by atoms with Crippen LogP contribution < -0.4 is 0 Å². The third kappa shape index (κ3) is 9.15. The lowest BCUT2D eigenvalue weighted by Gasteiger charge is -2.28. The summed E-state index contributed by atoms with van der Waals surface area (Å²) in [5.41, 5.74) is -0.638. The minimum Gasteiger partial charge on any atom is -0.481 e. The molecule has 26 heavy (non-hydrogen) atoms. The summed E-state index contributed by atoms with van der Waals surface area (Å²) in [5, 5.41) is 28.7. The second-order valence-electron chi connectivity index (χ2n) is 7.79. The molecule has 5 nitrogen and oxygen atoms in total. The maximum atomic E-state index is 11.0. The van der Waals surface area contributed by atoms with Crippen LogP contribution in [0.4, 0.5) is 0 Å². The molecule has 1 aliphatic carbocycles. The summed E-state index contributed by atoms with van der Waals surface area (Å²) in [6.45, 7) is 2.15. The normalized spacial score (nSPS) is 24.3. The highest BCUT2D eigenvalue weighted by atomic mass is 17.1. The van der Waals surface area contributed by atoms with Gasteiger partial charge < -0.3 is 10.2 Å². The summed E-state index contributed by atoms with van der Waals surface area (Å²) in [7, 11) is 0. The van der Waals surface area contributed by atoms with Gasteiger partial charge in [0.25, 0.3) is 0 Å². The fourth-order valence-corrected chi connectivity index (χ4v) is 3.94. The minimum atomic E-state index is -0.722. The van der Waals surface area contributed by atoms with Crippen LogP contribution in [0.5, 0.6) is 0 Å². The lowest BCUT2D eigenvalue weighted by atomic mass is 9.85. The van der Waals surface area contributed by atoms with E-state index in [4.69, 9.17) is 10.4 Å². The molecule has 5 heteroatoms. The van der Waals surface area contributed by atoms with E-state index in [9.17, 15) is 9.90 Å². The van der Waals surface area contributed by atoms with Crippen molar-refractivity contribution >= 4 is 5.97 Å². The number of aliphatic carboxylic acids is 1. The van der Waals surface area contributed by atoms with Gasteiger partial charge in [-0.05, 0) is 38.5 Å². The molecular weight excluding hydrogens is 332 g/mol. The minimum absolute atomic E-state index is 0.137. The molecule has 1 saturated carbocycles. The van der Waals surface area contributed by atoms with Crippen molar-refractivity contribution in [3.05, 3.63) is 12.2 Å². The first-order chi connectivity index (χ1) is 12.5. The number of unbranched alkanes of at least 4 members (excludes halogenated alkanes) is 6. The molecule has 3 atom stereocenters. The highest BCUT2D eigenvalue weighted by Crippen LogP contribution is 2.40. The Morgan fingerprint density at radius 2 is 1.92 bits per heavy atom. The summed E-state index contributed by atoms with van der Waals surface area (Å²) >= 11 is 0. The van der Waals surface area contributed by atoms with E-state index < -0.39 is 11.6 Å². The molecule has 0 heterocycles. The lowest BCUT2D eigenvalue weighted by Crippen LogP contribution is -2.32. The molecular formula is C21H38O5. The Morgan fingerprint density at radius 3 is 2.62 bits per heavy atom. The Bertz CT molecular complexity index is 409. The van der Waals surface area contributed by atoms with Gasteiger partial charge in [-0.15, -0.1) is 0 Å². The van der Waals surface area contributed by atoms with Crippen molar-refractivity contribution in [2.45, 2.75) is 109 Å². The summed E-state index contributed by atoms with van der Waals surface area (Å²) in [6, 6.07) is 0. The first-order valence-electron chi connectivity index (χ1n) is 10.4. The summed E-state index contributed by atoms with van der Waals surface area (Å²) in [6.07, 6.45) is 16.4. The van der Waals surface area contributed by atoms with Crippen molar-refractivity contribution in [1.82, 2.24) is 0 Å². The first kappa shape index (κ1) is 23.1. The lowest BCUT2D eigenvalue weighted by molar-refractivity contribution is -0.267. The Hall–Kier alpha value is -0.910. The number of carboxylic acids is 1. The van der Waals surface area contributed by atoms with Gasteiger partial charge in [0.05, 0.1) is 5.60 Å². The topological polar surface area (TPSA) is 87.0 Å². The van der Waals surface area contributed by atoms with Gasteiger partial charge in [0.15, 0.2) is 0 Å². The molecule has 0 amide bonds. The van der Waals surface area contributed by atoms with Crippen LogP contribution >= 0.6 is 0 Å². The fraction of sp³-hybridized carbons (Fsp3) is 0.857. The van der Waals surface area contributed by atoms with Crippen molar-refractivity contribution in [2.75, 3.05) is 0 Å². The Labute approximate surface area is 158 Å². The van der Waals surface area contributed by atoms with E-state index in [0.29, 0.717) is 0 Å². The molecule has 1 fully saturated rings. The third-order valence-electron chi connectivity index (χ3n) is 5.60. The molecule has 0 radical (unpaired) electrons. The van der Waals surface area contributed by atoms with Gasteiger partial charge >= 0.3 is 5.97 Å². The summed E-state index contributed by atoms with van der Waals surface area (Å²) < 4.78 is 0. The molecule has 0 aromatic carbocycles. The van der Waals surface area contributed by atoms with Crippen LogP contribution in [0.2, 0.25) is 0 Å². The van der Waals surface area contributed by atoms with Gasteiger partial charge in [0, 0.05) is 12.3 Å². The van der Waals surface area contributed by atoms with Crippen LogP contribution in [-0.4, -0.2) is 33.1 Å². The van der Waals surface area contributed by atoms with Crippen LogP contribution in [0.3, 0.4) is 0 Å². The van der Waals surface area contributed by atoms with Gasteiger partial charge in [0.2, 0.25) is 0 Å². The zero-order valence-electron chi connectivity index (χ0n) is 16.4. The molecule has 0 aliphatic heterocycles. The van der Waals surface area contributed by atoms with Crippen molar-refractivity contribution in [2.24, 2.45) is 5.92 Å². The standard InChI is InChI=1S/C21H38O5/c1-2-3-7-12-19(26-25)15-14-18-11-10-17-21(18,24)16-9-6-4-5-8-13-20(22)23/h14-15,18-19,24-25H,2-13,16-17H2,1H3,(H,22,23)/b15-14+/t18-,19?,21+/m1/s1. The van der Waals surface area contributed by atoms with Crippen LogP contribution in [0.25, 0.3) is 0 Å². The molecule has 1 aliphatic rings. The van der Waals surface area contributed by atoms with Crippen molar-refractivity contribution < 1.29 is 25.2 Å². The average molecular weight is 371 g/mol. The monoisotopic (exact) mass is 370 g/mol. The van der Waals surface area contributed by atoms with Gasteiger partial charge in [0.1, 0.15) is 6.10 Å². The molecule has 1 unspecified atom stereocenters. The maximum Gasteiger partial charge on any atom is 0.303 e. The van der Waals surface area contributed by atoms with Crippen molar-refractivity contribution in [3.63, 3.8) is 0 Å². The maximum absolute atomic E-state index is 11.0. The zero-order valence-corrected chi connectivity index (χ0v) is 16.4. The second kappa shape index (κ2) is 13.3. The molecule has 0 aromatic heterocycles. The molecule has 152 valence electrons. The van der Waals surface area contributed by atoms with Gasteiger partial charge in [-0.3, -0.25) is 10.1 Å². The Morgan fingerprint density at radius 1 is 1.19 bits per heavy atom. The van der Waals surface area contributed by atoms with Crippen molar-refractivity contribution in [3.8, 4) is 0 Å². The molecule has 1 rings (SSSR count). The molecule has 0 spiro atoms. The SMILES string of the molecule is CCCCCC(/C=C/[C@H]1CCC[C@@]1(O)CCCCCCCC(=O)O)OO. The van der Waals surface area contributed by atoms with Crippen LogP contribution in [-0.2, 0) is 9.68 Å². The number of hydrogen-bond donors (Lipinski definition) is 3. The number of aliphatic hydroxyl groups is 1. The number of carbonyl (C=O) groups is 1. The smallest absolute Gasteiger partial charge is 0.303 e. The number of hydrogen-bond acceptors (Lipinski definition) is 4. The van der Waals surface area contributed by atoms with E-state index in [1.54, 1.807) is 0 Å². The quantitative estimate of drug-likeness (QED) is 0.157. The van der Waals surface area contributed by atoms with E-state index >= 15 is 0 Å². The van der Waals surface area contributed by atoms with E-state index in [1.165, 1.54) is 0 Å². The van der Waals surface area contributed by atoms with E-state index in [-0.39, 0.29) is 18.4 Å². The van der Waals surface area contributed by atoms with Crippen LogP contribution in [0.1, 0.15) is 96.8 Å². The van der Waals surface area contributed by atoms with E-state index in [1.807, 2.05) is 12.2 Å². The number of rotatable bonds is 15. The second-order valence-corrected chi connectivity index (χ2v) is 7.79. The van der Waals surface area contributed by atoms with Crippen molar-refractivity contribution in [1.29, 1.82) is 0 Å². The predicted molar refractivity (Wildman–Crippen MR) is 103 cm³/mol. The van der Waals surface area contributed by atoms with E-state index in [2.05, 4.69) is 11.8 Å². The summed E-state index contributed by atoms with van der Waals surface area (Å²) in [5.74, 6) is -0.585. The molecule has 0 aromatic rings. The zero-order chi connectivity index (χ0) is 19.3. The largest absolute Gasteiger partial charge is 0.481 e. The van der Waals surface area contributed by atoms with Gasteiger partial charge in [-0.1, -0.05) is 64.0 Å². The highest BCUT2D eigenvalue weighted by molar-refractivity contribution is 5.66. The number of carboxylic acid groups (broad SMARTS) is 1. The predicted octanol–water partition coefficient (Wildman–Crippen LogP) is 5.33. The Balaban J connectivity index is 2.32. The fourth-order valence-electron chi connectivity index (χ4n) is 3.94. The van der Waals surface area contributed by atoms with Crippen LogP contribution in [0, 0.1) is 5.92 Å². The first-order valence-corrected chi connectivity index (χ1v) is 10.4. The molecule has 0 saturated heterocycles. The van der Waals surface area contributed by atoms with Crippen LogP contribution in [0.15, 0.2) is 12.2 Å². The highest BCUT2D eigenvalue weighted by Gasteiger charge is 2.38. The molecule has 0 bridgehead atoms. The average Bonchev–Trinajstić information content (AvgIpc) is 2.97. The van der Waals surface area contributed by atoms with Gasteiger partial charge in [-0.25, -0.2) is 4.89 Å².